The van der Waals surface area contributed by atoms with Gasteiger partial charge in [-0.25, -0.2) is 0 Å². The van der Waals surface area contributed by atoms with Crippen LogP contribution in [0.3, 0.4) is 0 Å². The van der Waals surface area contributed by atoms with Crippen molar-refractivity contribution in [2.24, 2.45) is 5.41 Å². The summed E-state index contributed by atoms with van der Waals surface area (Å²) < 4.78 is 0. The molecule has 0 aromatic heterocycles. The van der Waals surface area contributed by atoms with Crippen molar-refractivity contribution < 1.29 is 4.79 Å². The first-order valence-corrected chi connectivity index (χ1v) is 8.04. The third-order valence-corrected chi connectivity index (χ3v) is 4.93. The van der Waals surface area contributed by atoms with Gasteiger partial charge < -0.3 is 10.2 Å². The zero-order chi connectivity index (χ0) is 15.1. The molecule has 1 saturated heterocycles. The Labute approximate surface area is 127 Å². The lowest BCUT2D eigenvalue weighted by Gasteiger charge is -2.40. The Morgan fingerprint density at radius 2 is 1.86 bits per heavy atom. The van der Waals surface area contributed by atoms with Crippen LogP contribution in [0, 0.1) is 5.41 Å². The second-order valence-electron chi connectivity index (χ2n) is 7.73. The molecule has 3 rings (SSSR count). The molecular formula is C18H26N2O. The maximum atomic E-state index is 12.2. The molecule has 2 aliphatic heterocycles. The first-order valence-electron chi connectivity index (χ1n) is 8.04. The van der Waals surface area contributed by atoms with Crippen LogP contribution in [-0.4, -0.2) is 30.4 Å². The van der Waals surface area contributed by atoms with Gasteiger partial charge in [-0.2, -0.15) is 0 Å². The zero-order valence-corrected chi connectivity index (χ0v) is 13.4. The Morgan fingerprint density at radius 1 is 1.19 bits per heavy atom. The van der Waals surface area contributed by atoms with E-state index in [2.05, 4.69) is 37.1 Å². The normalized spacial score (nSPS) is 21.4. The highest BCUT2D eigenvalue weighted by Gasteiger charge is 2.44. The lowest BCUT2D eigenvalue weighted by atomic mass is 9.81. The highest BCUT2D eigenvalue weighted by Crippen LogP contribution is 2.39. The number of rotatable bonds is 2. The van der Waals surface area contributed by atoms with E-state index in [0.29, 0.717) is 5.41 Å². The van der Waals surface area contributed by atoms with E-state index in [4.69, 9.17) is 0 Å². The summed E-state index contributed by atoms with van der Waals surface area (Å²) >= 11 is 0. The van der Waals surface area contributed by atoms with Crippen LogP contribution in [0.25, 0.3) is 0 Å². The molecule has 1 N–H and O–H groups in total. The number of carbonyl (C=O) groups is 1. The standard InChI is InChI=1S/C18H26N2O/c1-17(2,3)8-11-20-12-9-18(10-13-20)15-7-5-4-6-14(15)16(21)19-18/h4-7H,8-13H2,1-3H3,(H,19,21). The zero-order valence-electron chi connectivity index (χ0n) is 13.4. The Balaban J connectivity index is 1.68. The van der Waals surface area contributed by atoms with E-state index < -0.39 is 0 Å². The van der Waals surface area contributed by atoms with Gasteiger partial charge in [0.25, 0.3) is 5.91 Å². The molecule has 0 saturated carbocycles. The molecule has 0 bridgehead atoms. The Morgan fingerprint density at radius 3 is 2.52 bits per heavy atom. The van der Waals surface area contributed by atoms with Crippen molar-refractivity contribution in [2.45, 2.75) is 45.6 Å². The molecule has 2 heterocycles. The van der Waals surface area contributed by atoms with Crippen LogP contribution in [0.15, 0.2) is 24.3 Å². The number of likely N-dealkylation sites (tertiary alicyclic amines) is 1. The molecule has 1 amide bonds. The van der Waals surface area contributed by atoms with Crippen molar-refractivity contribution in [1.82, 2.24) is 10.2 Å². The number of amides is 1. The highest BCUT2D eigenvalue weighted by molar-refractivity contribution is 6.00. The summed E-state index contributed by atoms with van der Waals surface area (Å²) in [5.41, 5.74) is 2.38. The van der Waals surface area contributed by atoms with Gasteiger partial charge in [0.2, 0.25) is 0 Å². The van der Waals surface area contributed by atoms with Crippen LogP contribution < -0.4 is 5.32 Å². The van der Waals surface area contributed by atoms with Crippen LogP contribution in [0.2, 0.25) is 0 Å². The molecule has 0 unspecified atom stereocenters. The SMILES string of the molecule is CC(C)(C)CCN1CCC2(CC1)NC(=O)c1ccccc12. The molecule has 3 heteroatoms. The van der Waals surface area contributed by atoms with E-state index in [9.17, 15) is 4.79 Å². The van der Waals surface area contributed by atoms with Gasteiger partial charge in [-0.15, -0.1) is 0 Å². The second-order valence-corrected chi connectivity index (χ2v) is 7.73. The first-order chi connectivity index (χ1) is 9.90. The molecule has 114 valence electrons. The molecule has 0 aliphatic carbocycles. The fourth-order valence-corrected chi connectivity index (χ4v) is 3.50. The average molecular weight is 286 g/mol. The fourth-order valence-electron chi connectivity index (χ4n) is 3.50. The van der Waals surface area contributed by atoms with Crippen LogP contribution in [0.5, 0.6) is 0 Å². The van der Waals surface area contributed by atoms with Crippen molar-refractivity contribution in [3.63, 3.8) is 0 Å². The topological polar surface area (TPSA) is 32.3 Å². The molecule has 0 atom stereocenters. The molecule has 1 spiro atoms. The maximum Gasteiger partial charge on any atom is 0.252 e. The minimum Gasteiger partial charge on any atom is -0.342 e. The van der Waals surface area contributed by atoms with Crippen molar-refractivity contribution in [1.29, 1.82) is 0 Å². The summed E-state index contributed by atoms with van der Waals surface area (Å²) in [5.74, 6) is 0.105. The molecule has 1 fully saturated rings. The van der Waals surface area contributed by atoms with Gasteiger partial charge in [-0.1, -0.05) is 39.0 Å². The summed E-state index contributed by atoms with van der Waals surface area (Å²) in [6.45, 7) is 10.2. The first kappa shape index (κ1) is 14.6. The van der Waals surface area contributed by atoms with E-state index in [1.807, 2.05) is 18.2 Å². The number of hydrogen-bond donors (Lipinski definition) is 1. The van der Waals surface area contributed by atoms with E-state index in [0.717, 1.165) is 38.0 Å². The second kappa shape index (κ2) is 5.13. The lowest BCUT2D eigenvalue weighted by molar-refractivity contribution is 0.0852. The van der Waals surface area contributed by atoms with Gasteiger partial charge in [0.05, 0.1) is 5.54 Å². The highest BCUT2D eigenvalue weighted by atomic mass is 16.2. The monoisotopic (exact) mass is 286 g/mol. The number of nitrogens with one attached hydrogen (secondary N) is 1. The molecule has 2 aliphatic rings. The number of benzene rings is 1. The third kappa shape index (κ3) is 2.84. The van der Waals surface area contributed by atoms with Gasteiger partial charge in [0.15, 0.2) is 0 Å². The van der Waals surface area contributed by atoms with Gasteiger partial charge >= 0.3 is 0 Å². The van der Waals surface area contributed by atoms with Crippen LogP contribution in [0.4, 0.5) is 0 Å². The van der Waals surface area contributed by atoms with Crippen LogP contribution in [-0.2, 0) is 5.54 Å². The largest absolute Gasteiger partial charge is 0.342 e. The van der Waals surface area contributed by atoms with Gasteiger partial charge in [0.1, 0.15) is 0 Å². The molecular weight excluding hydrogens is 260 g/mol. The molecule has 21 heavy (non-hydrogen) atoms. The van der Waals surface area contributed by atoms with Crippen LogP contribution in [0.1, 0.15) is 56.0 Å². The summed E-state index contributed by atoms with van der Waals surface area (Å²) in [5, 5.41) is 3.26. The summed E-state index contributed by atoms with van der Waals surface area (Å²) in [4.78, 5) is 14.7. The summed E-state index contributed by atoms with van der Waals surface area (Å²) in [6.07, 6.45) is 3.28. The molecule has 1 aromatic rings. The minimum atomic E-state index is -0.105. The maximum absolute atomic E-state index is 12.2. The quantitative estimate of drug-likeness (QED) is 0.905. The number of piperidine rings is 1. The summed E-state index contributed by atoms with van der Waals surface area (Å²) in [7, 11) is 0. The minimum absolute atomic E-state index is 0.105. The fraction of sp³-hybridized carbons (Fsp3) is 0.611. The summed E-state index contributed by atoms with van der Waals surface area (Å²) in [6, 6.07) is 8.08. The number of hydrogen-bond acceptors (Lipinski definition) is 2. The molecule has 1 aromatic carbocycles. The lowest BCUT2D eigenvalue weighted by Crippen LogP contribution is -2.49. The Bertz CT molecular complexity index is 536. The number of fused-ring (bicyclic) bond motifs is 2. The van der Waals surface area contributed by atoms with Crippen molar-refractivity contribution in [3.8, 4) is 0 Å². The Kier molecular flexibility index (Phi) is 3.56. The molecule has 3 nitrogen and oxygen atoms in total. The van der Waals surface area contributed by atoms with Gasteiger partial charge in [-0.05, 0) is 42.9 Å². The van der Waals surface area contributed by atoms with E-state index >= 15 is 0 Å². The smallest absolute Gasteiger partial charge is 0.252 e. The van der Waals surface area contributed by atoms with Gasteiger partial charge in [-0.3, -0.25) is 4.79 Å². The predicted molar refractivity (Wildman–Crippen MR) is 85.3 cm³/mol. The average Bonchev–Trinajstić information content (AvgIpc) is 2.71. The van der Waals surface area contributed by atoms with E-state index in [1.165, 1.54) is 12.0 Å². The predicted octanol–water partition coefficient (Wildman–Crippen LogP) is 3.16. The van der Waals surface area contributed by atoms with Crippen molar-refractivity contribution in [2.75, 3.05) is 19.6 Å². The van der Waals surface area contributed by atoms with E-state index in [1.54, 1.807) is 0 Å². The Hall–Kier alpha value is -1.35. The molecule has 0 radical (unpaired) electrons. The van der Waals surface area contributed by atoms with Crippen LogP contribution >= 0.6 is 0 Å². The van der Waals surface area contributed by atoms with Crippen molar-refractivity contribution >= 4 is 5.91 Å². The van der Waals surface area contributed by atoms with E-state index in [-0.39, 0.29) is 11.4 Å². The number of nitrogens with zero attached hydrogens (tertiary/aromatic N) is 1. The van der Waals surface area contributed by atoms with Gasteiger partial charge in [0, 0.05) is 18.7 Å². The van der Waals surface area contributed by atoms with Crippen molar-refractivity contribution in [3.05, 3.63) is 35.4 Å². The number of carbonyl (C=O) groups excluding carboxylic acids is 1. The third-order valence-electron chi connectivity index (χ3n) is 4.93.